The molecule has 0 radical (unpaired) electrons. The van der Waals surface area contributed by atoms with E-state index in [9.17, 15) is 0 Å². The van der Waals surface area contributed by atoms with Crippen LogP contribution in [0.4, 0.5) is 0 Å². The fourth-order valence-electron chi connectivity index (χ4n) is 2.16. The van der Waals surface area contributed by atoms with Crippen molar-refractivity contribution < 1.29 is 0 Å². The van der Waals surface area contributed by atoms with Gasteiger partial charge in [0.25, 0.3) is 0 Å². The van der Waals surface area contributed by atoms with Crippen molar-refractivity contribution in [2.75, 3.05) is 0 Å². The van der Waals surface area contributed by atoms with E-state index in [0.29, 0.717) is 0 Å². The SMILES string of the molecule is Clc1ccc2c(c1)[C@H](Cl)c1ccccc1C=C2. The van der Waals surface area contributed by atoms with Gasteiger partial charge in [0.2, 0.25) is 0 Å². The van der Waals surface area contributed by atoms with E-state index < -0.39 is 0 Å². The molecule has 2 aromatic rings. The summed E-state index contributed by atoms with van der Waals surface area (Å²) in [6.07, 6.45) is 4.19. The first-order chi connectivity index (χ1) is 8.25. The average molecular weight is 261 g/mol. The molecule has 0 unspecified atom stereocenters. The van der Waals surface area contributed by atoms with Crippen LogP contribution < -0.4 is 0 Å². The lowest BCUT2D eigenvalue weighted by molar-refractivity contribution is 1.13. The van der Waals surface area contributed by atoms with E-state index in [0.717, 1.165) is 21.7 Å². The van der Waals surface area contributed by atoms with Crippen LogP contribution in [0.15, 0.2) is 42.5 Å². The lowest BCUT2D eigenvalue weighted by atomic mass is 9.99. The fraction of sp³-hybridized carbons (Fsp3) is 0.0667. The van der Waals surface area contributed by atoms with Crippen LogP contribution in [-0.2, 0) is 0 Å². The molecule has 0 heterocycles. The van der Waals surface area contributed by atoms with Crippen LogP contribution in [0.3, 0.4) is 0 Å². The van der Waals surface area contributed by atoms with Crippen molar-refractivity contribution in [1.82, 2.24) is 0 Å². The van der Waals surface area contributed by atoms with Gasteiger partial charge in [0, 0.05) is 5.02 Å². The molecule has 0 aromatic heterocycles. The third kappa shape index (κ3) is 1.88. The van der Waals surface area contributed by atoms with Crippen molar-refractivity contribution in [3.05, 3.63) is 69.7 Å². The van der Waals surface area contributed by atoms with Crippen LogP contribution in [0, 0.1) is 0 Å². The molecule has 1 aliphatic carbocycles. The topological polar surface area (TPSA) is 0 Å². The summed E-state index contributed by atoms with van der Waals surface area (Å²) in [5.74, 6) is 0. The maximum atomic E-state index is 6.56. The van der Waals surface area contributed by atoms with Gasteiger partial charge in [0.1, 0.15) is 0 Å². The zero-order chi connectivity index (χ0) is 11.8. The molecular weight excluding hydrogens is 251 g/mol. The standard InChI is InChI=1S/C15H10Cl2/c16-12-8-7-11-6-5-10-3-1-2-4-13(10)15(17)14(11)9-12/h1-9,15H/t15-/m1/s1. The Hall–Kier alpha value is -1.24. The summed E-state index contributed by atoms with van der Waals surface area (Å²) in [7, 11) is 0. The minimum Gasteiger partial charge on any atom is -0.113 e. The van der Waals surface area contributed by atoms with Gasteiger partial charge in [-0.2, -0.15) is 0 Å². The zero-order valence-electron chi connectivity index (χ0n) is 9.03. The summed E-state index contributed by atoms with van der Waals surface area (Å²) in [5, 5.41) is 0.581. The molecule has 0 bridgehead atoms. The number of halogens is 2. The van der Waals surface area contributed by atoms with Gasteiger partial charge in [-0.1, -0.05) is 54.1 Å². The molecule has 0 nitrogen and oxygen atoms in total. The van der Waals surface area contributed by atoms with Gasteiger partial charge < -0.3 is 0 Å². The third-order valence-electron chi connectivity index (χ3n) is 3.03. The van der Waals surface area contributed by atoms with Gasteiger partial charge in [-0.15, -0.1) is 11.6 Å². The van der Waals surface area contributed by atoms with Crippen molar-refractivity contribution in [3.8, 4) is 0 Å². The van der Waals surface area contributed by atoms with Crippen molar-refractivity contribution in [2.45, 2.75) is 5.38 Å². The average Bonchev–Trinajstić information content (AvgIpc) is 2.49. The molecular formula is C15H10Cl2. The lowest BCUT2D eigenvalue weighted by Crippen LogP contribution is -1.96. The van der Waals surface area contributed by atoms with Crippen LogP contribution in [0.2, 0.25) is 5.02 Å². The van der Waals surface area contributed by atoms with E-state index in [-0.39, 0.29) is 5.38 Å². The molecule has 0 aliphatic heterocycles. The molecule has 2 aromatic carbocycles. The van der Waals surface area contributed by atoms with E-state index in [1.54, 1.807) is 0 Å². The Kier molecular flexibility index (Phi) is 2.70. The summed E-state index contributed by atoms with van der Waals surface area (Å²) in [4.78, 5) is 0. The fourth-order valence-corrected chi connectivity index (χ4v) is 2.73. The highest BCUT2D eigenvalue weighted by molar-refractivity contribution is 6.31. The van der Waals surface area contributed by atoms with E-state index in [4.69, 9.17) is 23.2 Å². The number of rotatable bonds is 0. The van der Waals surface area contributed by atoms with E-state index in [1.165, 1.54) is 5.56 Å². The molecule has 1 atom stereocenters. The predicted molar refractivity (Wildman–Crippen MR) is 74.5 cm³/mol. The van der Waals surface area contributed by atoms with Crippen molar-refractivity contribution in [1.29, 1.82) is 0 Å². The minimum absolute atomic E-state index is 0.144. The first-order valence-electron chi connectivity index (χ1n) is 5.46. The summed E-state index contributed by atoms with van der Waals surface area (Å²) in [6.45, 7) is 0. The Morgan fingerprint density at radius 2 is 1.53 bits per heavy atom. The molecule has 0 saturated heterocycles. The summed E-state index contributed by atoms with van der Waals surface area (Å²) < 4.78 is 0. The zero-order valence-corrected chi connectivity index (χ0v) is 10.5. The highest BCUT2D eigenvalue weighted by Crippen LogP contribution is 2.38. The first-order valence-corrected chi connectivity index (χ1v) is 6.28. The van der Waals surface area contributed by atoms with E-state index >= 15 is 0 Å². The van der Waals surface area contributed by atoms with Gasteiger partial charge in [-0.05, 0) is 34.4 Å². The molecule has 0 fully saturated rings. The smallest absolute Gasteiger partial charge is 0.0847 e. The molecule has 17 heavy (non-hydrogen) atoms. The Labute approximate surface area is 110 Å². The Bertz CT molecular complexity index is 600. The van der Waals surface area contributed by atoms with Gasteiger partial charge >= 0.3 is 0 Å². The largest absolute Gasteiger partial charge is 0.113 e. The summed E-state index contributed by atoms with van der Waals surface area (Å²) in [6, 6.07) is 14.0. The van der Waals surface area contributed by atoms with Crippen LogP contribution in [-0.4, -0.2) is 0 Å². The monoisotopic (exact) mass is 260 g/mol. The second-order valence-corrected chi connectivity index (χ2v) is 4.97. The minimum atomic E-state index is -0.144. The molecule has 0 amide bonds. The normalized spacial score (nSPS) is 17.2. The Morgan fingerprint density at radius 1 is 0.824 bits per heavy atom. The summed E-state index contributed by atoms with van der Waals surface area (Å²) in [5.41, 5.74) is 4.50. The van der Waals surface area contributed by atoms with Gasteiger partial charge in [0.15, 0.2) is 0 Å². The molecule has 0 saturated carbocycles. The number of fused-ring (bicyclic) bond motifs is 2. The van der Waals surface area contributed by atoms with Crippen molar-refractivity contribution in [2.24, 2.45) is 0 Å². The third-order valence-corrected chi connectivity index (χ3v) is 3.74. The van der Waals surface area contributed by atoms with E-state index in [2.05, 4.69) is 24.3 Å². The molecule has 3 rings (SSSR count). The van der Waals surface area contributed by atoms with Crippen LogP contribution >= 0.6 is 23.2 Å². The number of alkyl halides is 1. The molecule has 0 N–H and O–H groups in total. The molecule has 84 valence electrons. The molecule has 2 heteroatoms. The second kappa shape index (κ2) is 4.21. The maximum absolute atomic E-state index is 6.56. The van der Waals surface area contributed by atoms with Gasteiger partial charge in [-0.3, -0.25) is 0 Å². The highest BCUT2D eigenvalue weighted by Gasteiger charge is 2.18. The van der Waals surface area contributed by atoms with Gasteiger partial charge in [0.05, 0.1) is 5.38 Å². The predicted octanol–water partition coefficient (Wildman–Crippen LogP) is 5.15. The summed E-state index contributed by atoms with van der Waals surface area (Å²) >= 11 is 12.6. The Balaban J connectivity index is 2.25. The van der Waals surface area contributed by atoms with Crippen LogP contribution in [0.1, 0.15) is 27.6 Å². The van der Waals surface area contributed by atoms with Crippen LogP contribution in [0.5, 0.6) is 0 Å². The first kappa shape index (κ1) is 10.9. The molecule has 1 aliphatic rings. The second-order valence-electron chi connectivity index (χ2n) is 4.10. The number of hydrogen-bond donors (Lipinski definition) is 0. The highest BCUT2D eigenvalue weighted by atomic mass is 35.5. The van der Waals surface area contributed by atoms with Crippen LogP contribution in [0.25, 0.3) is 12.2 Å². The van der Waals surface area contributed by atoms with Crippen molar-refractivity contribution >= 4 is 35.4 Å². The lowest BCUT2D eigenvalue weighted by Gasteiger charge is -2.13. The van der Waals surface area contributed by atoms with Crippen molar-refractivity contribution in [3.63, 3.8) is 0 Å². The molecule has 0 spiro atoms. The number of benzene rings is 2. The maximum Gasteiger partial charge on any atom is 0.0847 e. The van der Waals surface area contributed by atoms with Gasteiger partial charge in [-0.25, -0.2) is 0 Å². The number of hydrogen-bond acceptors (Lipinski definition) is 0. The van der Waals surface area contributed by atoms with E-state index in [1.807, 2.05) is 30.3 Å². The quantitative estimate of drug-likeness (QED) is 0.575. The Morgan fingerprint density at radius 3 is 2.35 bits per heavy atom.